The number of hydrogen-bond donors (Lipinski definition) is 0. The molecular weight excluding hydrogens is 234 g/mol. The molecule has 17 heavy (non-hydrogen) atoms. The van der Waals surface area contributed by atoms with Gasteiger partial charge in [-0.2, -0.15) is 5.26 Å². The monoisotopic (exact) mass is 251 g/mol. The number of halogens is 1. The van der Waals surface area contributed by atoms with Gasteiger partial charge in [-0.1, -0.05) is 18.5 Å². The molecule has 0 bridgehead atoms. The Kier molecular flexibility index (Phi) is 4.84. The quantitative estimate of drug-likeness (QED) is 0.785. The van der Waals surface area contributed by atoms with Crippen molar-refractivity contribution in [1.29, 1.82) is 5.26 Å². The summed E-state index contributed by atoms with van der Waals surface area (Å²) in [5.74, 6) is 0.819. The normalized spacial score (nSPS) is 11.0. The standard InChI is InChI=1S/C14H18ClNO/c1-4-11-9-12(5-6-13(11)15)17-8-7-14(2,3)10-16/h5-6,9H,4,7-8H2,1-3H3. The molecule has 2 nitrogen and oxygen atoms in total. The number of hydrogen-bond acceptors (Lipinski definition) is 2. The van der Waals surface area contributed by atoms with Crippen molar-refractivity contribution in [3.8, 4) is 11.8 Å². The van der Waals surface area contributed by atoms with Crippen LogP contribution in [0.3, 0.4) is 0 Å². The zero-order valence-electron chi connectivity index (χ0n) is 10.6. The molecule has 0 aromatic heterocycles. The van der Waals surface area contributed by atoms with Crippen molar-refractivity contribution in [2.45, 2.75) is 33.6 Å². The van der Waals surface area contributed by atoms with Crippen LogP contribution in [0.25, 0.3) is 0 Å². The van der Waals surface area contributed by atoms with Crippen molar-refractivity contribution in [2.75, 3.05) is 6.61 Å². The van der Waals surface area contributed by atoms with Crippen LogP contribution in [0, 0.1) is 16.7 Å². The van der Waals surface area contributed by atoms with E-state index in [1.54, 1.807) is 0 Å². The van der Waals surface area contributed by atoms with E-state index in [2.05, 4.69) is 13.0 Å². The summed E-state index contributed by atoms with van der Waals surface area (Å²) >= 11 is 6.03. The van der Waals surface area contributed by atoms with E-state index < -0.39 is 0 Å². The van der Waals surface area contributed by atoms with Gasteiger partial charge in [-0.25, -0.2) is 0 Å². The predicted octanol–water partition coefficient (Wildman–Crippen LogP) is 4.22. The minimum Gasteiger partial charge on any atom is -0.494 e. The van der Waals surface area contributed by atoms with Crippen LogP contribution < -0.4 is 4.74 Å². The molecule has 0 amide bonds. The average Bonchev–Trinajstić information content (AvgIpc) is 2.31. The minimum absolute atomic E-state index is 0.333. The summed E-state index contributed by atoms with van der Waals surface area (Å²) in [6.45, 7) is 6.43. The molecule has 0 aliphatic carbocycles. The lowest BCUT2D eigenvalue weighted by Crippen LogP contribution is -2.13. The molecule has 0 radical (unpaired) electrons. The van der Waals surface area contributed by atoms with E-state index in [4.69, 9.17) is 21.6 Å². The smallest absolute Gasteiger partial charge is 0.119 e. The molecular formula is C14H18ClNO. The first-order chi connectivity index (χ1) is 7.98. The van der Waals surface area contributed by atoms with Crippen LogP contribution in [0.5, 0.6) is 5.75 Å². The first-order valence-electron chi connectivity index (χ1n) is 5.81. The molecule has 0 spiro atoms. The molecule has 0 unspecified atom stereocenters. The fraction of sp³-hybridized carbons (Fsp3) is 0.500. The lowest BCUT2D eigenvalue weighted by molar-refractivity contribution is 0.264. The van der Waals surface area contributed by atoms with Gasteiger partial charge >= 0.3 is 0 Å². The van der Waals surface area contributed by atoms with E-state index in [9.17, 15) is 0 Å². The Labute approximate surface area is 108 Å². The lowest BCUT2D eigenvalue weighted by Gasteiger charge is -2.15. The van der Waals surface area contributed by atoms with Gasteiger partial charge in [0.1, 0.15) is 5.75 Å². The van der Waals surface area contributed by atoms with Crippen LogP contribution in [-0.4, -0.2) is 6.61 Å². The van der Waals surface area contributed by atoms with Gasteiger partial charge in [0, 0.05) is 5.02 Å². The average molecular weight is 252 g/mol. The molecule has 0 heterocycles. The van der Waals surface area contributed by atoms with Crippen LogP contribution in [0.4, 0.5) is 0 Å². The maximum atomic E-state index is 8.89. The zero-order chi connectivity index (χ0) is 12.9. The van der Waals surface area contributed by atoms with Crippen LogP contribution in [0.1, 0.15) is 32.8 Å². The molecule has 0 atom stereocenters. The molecule has 0 N–H and O–H groups in total. The lowest BCUT2D eigenvalue weighted by atomic mass is 9.92. The predicted molar refractivity (Wildman–Crippen MR) is 70.3 cm³/mol. The highest BCUT2D eigenvalue weighted by atomic mass is 35.5. The van der Waals surface area contributed by atoms with Crippen molar-refractivity contribution in [3.63, 3.8) is 0 Å². The van der Waals surface area contributed by atoms with Crippen molar-refractivity contribution >= 4 is 11.6 Å². The van der Waals surface area contributed by atoms with E-state index in [0.29, 0.717) is 13.0 Å². The summed E-state index contributed by atoms with van der Waals surface area (Å²) in [7, 11) is 0. The molecule has 0 saturated heterocycles. The topological polar surface area (TPSA) is 33.0 Å². The van der Waals surface area contributed by atoms with Gasteiger partial charge in [0.15, 0.2) is 0 Å². The summed E-state index contributed by atoms with van der Waals surface area (Å²) in [5, 5.41) is 9.66. The Morgan fingerprint density at radius 2 is 2.12 bits per heavy atom. The highest BCUT2D eigenvalue weighted by Crippen LogP contribution is 2.24. The van der Waals surface area contributed by atoms with Crippen molar-refractivity contribution in [3.05, 3.63) is 28.8 Å². The number of nitriles is 1. The van der Waals surface area contributed by atoms with E-state index in [1.807, 2.05) is 32.0 Å². The number of ether oxygens (including phenoxy) is 1. The highest BCUT2D eigenvalue weighted by Gasteiger charge is 2.16. The zero-order valence-corrected chi connectivity index (χ0v) is 11.3. The molecule has 1 rings (SSSR count). The Hall–Kier alpha value is -1.20. The molecule has 1 aromatic carbocycles. The largest absolute Gasteiger partial charge is 0.494 e. The van der Waals surface area contributed by atoms with E-state index in [-0.39, 0.29) is 5.41 Å². The molecule has 1 aromatic rings. The van der Waals surface area contributed by atoms with Crippen molar-refractivity contribution < 1.29 is 4.74 Å². The number of aryl methyl sites for hydroxylation is 1. The third kappa shape index (κ3) is 4.28. The van der Waals surface area contributed by atoms with Gasteiger partial charge in [-0.05, 0) is 50.5 Å². The molecule has 92 valence electrons. The Morgan fingerprint density at radius 1 is 1.41 bits per heavy atom. The number of rotatable bonds is 5. The van der Waals surface area contributed by atoms with E-state index in [0.717, 1.165) is 22.8 Å². The SMILES string of the molecule is CCc1cc(OCCC(C)(C)C#N)ccc1Cl. The Balaban J connectivity index is 2.56. The van der Waals surface area contributed by atoms with Gasteiger partial charge < -0.3 is 4.74 Å². The summed E-state index contributed by atoms with van der Waals surface area (Å²) in [5.41, 5.74) is 0.753. The number of nitrogens with zero attached hydrogens (tertiary/aromatic N) is 1. The summed E-state index contributed by atoms with van der Waals surface area (Å²) < 4.78 is 5.63. The van der Waals surface area contributed by atoms with Gasteiger partial charge in [0.2, 0.25) is 0 Å². The molecule has 0 saturated carbocycles. The Bertz CT molecular complexity index is 421. The second kappa shape index (κ2) is 5.93. The van der Waals surface area contributed by atoms with Gasteiger partial charge in [-0.3, -0.25) is 0 Å². The van der Waals surface area contributed by atoms with Crippen LogP contribution in [0.2, 0.25) is 5.02 Å². The Morgan fingerprint density at radius 3 is 2.71 bits per heavy atom. The van der Waals surface area contributed by atoms with Crippen LogP contribution in [-0.2, 0) is 6.42 Å². The molecule has 3 heteroatoms. The second-order valence-electron chi connectivity index (χ2n) is 4.70. The third-order valence-corrected chi connectivity index (χ3v) is 3.07. The summed E-state index contributed by atoms with van der Waals surface area (Å²) in [6, 6.07) is 7.93. The van der Waals surface area contributed by atoms with Gasteiger partial charge in [0.05, 0.1) is 18.1 Å². The van der Waals surface area contributed by atoms with Crippen molar-refractivity contribution in [2.24, 2.45) is 5.41 Å². The fourth-order valence-electron chi connectivity index (χ4n) is 1.39. The third-order valence-electron chi connectivity index (χ3n) is 2.70. The highest BCUT2D eigenvalue weighted by molar-refractivity contribution is 6.31. The van der Waals surface area contributed by atoms with Crippen molar-refractivity contribution in [1.82, 2.24) is 0 Å². The van der Waals surface area contributed by atoms with E-state index in [1.165, 1.54) is 0 Å². The summed E-state index contributed by atoms with van der Waals surface area (Å²) in [4.78, 5) is 0. The molecule has 0 fully saturated rings. The van der Waals surface area contributed by atoms with Gasteiger partial charge in [0.25, 0.3) is 0 Å². The first kappa shape index (κ1) is 13.9. The van der Waals surface area contributed by atoms with E-state index >= 15 is 0 Å². The van der Waals surface area contributed by atoms with Crippen LogP contribution in [0.15, 0.2) is 18.2 Å². The maximum absolute atomic E-state index is 8.89. The van der Waals surface area contributed by atoms with Gasteiger partial charge in [-0.15, -0.1) is 0 Å². The first-order valence-corrected chi connectivity index (χ1v) is 6.19. The molecule has 0 aliphatic rings. The molecule has 0 aliphatic heterocycles. The second-order valence-corrected chi connectivity index (χ2v) is 5.11. The number of benzene rings is 1. The minimum atomic E-state index is -0.333. The maximum Gasteiger partial charge on any atom is 0.119 e. The van der Waals surface area contributed by atoms with Crippen LogP contribution >= 0.6 is 11.6 Å². The fourth-order valence-corrected chi connectivity index (χ4v) is 1.64. The summed E-state index contributed by atoms with van der Waals surface area (Å²) in [6.07, 6.45) is 1.60.